The Morgan fingerprint density at radius 3 is 2.06 bits per heavy atom. The summed E-state index contributed by atoms with van der Waals surface area (Å²) in [6.45, 7) is 1.72. The Bertz CT molecular complexity index is 442. The van der Waals surface area contributed by atoms with Gasteiger partial charge in [0.1, 0.15) is 0 Å². The average molecular weight is 254 g/mol. The summed E-state index contributed by atoms with van der Waals surface area (Å²) in [5.41, 5.74) is 0.782. The maximum atomic E-state index is 12.4. The average Bonchev–Trinajstić information content (AvgIpc) is 2.17. The standard InChI is InChI=1S/C9H9F3O3S/c1-6-2-4-7(5-3-6)16(13,14)15-9(12)8(10)11/h2-5,8-9H,1H3. The lowest BCUT2D eigenvalue weighted by Gasteiger charge is -2.09. The first-order valence-corrected chi connectivity index (χ1v) is 5.66. The van der Waals surface area contributed by atoms with Crippen molar-refractivity contribution in [3.8, 4) is 0 Å². The van der Waals surface area contributed by atoms with E-state index in [1.165, 1.54) is 12.1 Å². The highest BCUT2D eigenvalue weighted by atomic mass is 32.2. The summed E-state index contributed by atoms with van der Waals surface area (Å²) < 4.78 is 62.2. The summed E-state index contributed by atoms with van der Waals surface area (Å²) in [4.78, 5) is -0.360. The zero-order chi connectivity index (χ0) is 12.3. The van der Waals surface area contributed by atoms with Gasteiger partial charge in [-0.2, -0.15) is 8.42 Å². The van der Waals surface area contributed by atoms with Gasteiger partial charge in [-0.15, -0.1) is 0 Å². The van der Waals surface area contributed by atoms with Crippen molar-refractivity contribution < 1.29 is 25.8 Å². The summed E-state index contributed by atoms with van der Waals surface area (Å²) in [5.74, 6) is 0. The zero-order valence-corrected chi connectivity index (χ0v) is 9.05. The lowest BCUT2D eigenvalue weighted by molar-refractivity contribution is -0.0633. The highest BCUT2D eigenvalue weighted by Gasteiger charge is 2.28. The smallest absolute Gasteiger partial charge is 0.223 e. The summed E-state index contributed by atoms with van der Waals surface area (Å²) in [7, 11) is -4.48. The van der Waals surface area contributed by atoms with Crippen LogP contribution >= 0.6 is 0 Å². The van der Waals surface area contributed by atoms with Crippen LogP contribution in [0.15, 0.2) is 29.2 Å². The number of hydrogen-bond donors (Lipinski definition) is 0. The van der Waals surface area contributed by atoms with Gasteiger partial charge >= 0.3 is 0 Å². The van der Waals surface area contributed by atoms with Crippen LogP contribution in [0.2, 0.25) is 0 Å². The Morgan fingerprint density at radius 2 is 1.62 bits per heavy atom. The largest absolute Gasteiger partial charge is 0.299 e. The molecule has 0 amide bonds. The third kappa shape index (κ3) is 3.21. The Morgan fingerprint density at radius 1 is 1.12 bits per heavy atom. The zero-order valence-electron chi connectivity index (χ0n) is 8.23. The van der Waals surface area contributed by atoms with Crippen LogP contribution < -0.4 is 0 Å². The van der Waals surface area contributed by atoms with E-state index in [0.717, 1.165) is 17.7 Å². The van der Waals surface area contributed by atoms with Gasteiger partial charge in [0.05, 0.1) is 4.90 Å². The number of halogens is 3. The van der Waals surface area contributed by atoms with Crippen LogP contribution in [0.1, 0.15) is 5.56 Å². The molecule has 0 bridgehead atoms. The summed E-state index contributed by atoms with van der Waals surface area (Å²) in [5, 5.41) is 0. The van der Waals surface area contributed by atoms with Gasteiger partial charge < -0.3 is 0 Å². The molecule has 0 N–H and O–H groups in total. The van der Waals surface area contributed by atoms with E-state index in [1.807, 2.05) is 0 Å². The summed E-state index contributed by atoms with van der Waals surface area (Å²) in [6, 6.07) is 5.21. The highest BCUT2D eigenvalue weighted by molar-refractivity contribution is 7.86. The van der Waals surface area contributed by atoms with E-state index in [0.29, 0.717) is 0 Å². The first-order valence-electron chi connectivity index (χ1n) is 4.25. The van der Waals surface area contributed by atoms with E-state index in [9.17, 15) is 21.6 Å². The van der Waals surface area contributed by atoms with Gasteiger partial charge in [0.2, 0.25) is 0 Å². The predicted molar refractivity (Wildman–Crippen MR) is 50.3 cm³/mol. The monoisotopic (exact) mass is 254 g/mol. The molecule has 90 valence electrons. The molecule has 1 atom stereocenters. The Balaban J connectivity index is 2.90. The minimum absolute atomic E-state index is 0.360. The topological polar surface area (TPSA) is 43.4 Å². The van der Waals surface area contributed by atoms with Crippen LogP contribution in [-0.2, 0) is 14.3 Å². The van der Waals surface area contributed by atoms with Crippen LogP contribution in [0.5, 0.6) is 0 Å². The molecule has 0 fully saturated rings. The quantitative estimate of drug-likeness (QED) is 0.774. The van der Waals surface area contributed by atoms with Gasteiger partial charge in [-0.1, -0.05) is 17.7 Å². The van der Waals surface area contributed by atoms with Gasteiger partial charge in [-0.3, -0.25) is 0 Å². The fourth-order valence-corrected chi connectivity index (χ4v) is 1.83. The number of alkyl halides is 3. The van der Waals surface area contributed by atoms with Crippen molar-refractivity contribution in [2.24, 2.45) is 0 Å². The minimum Gasteiger partial charge on any atom is -0.223 e. The SMILES string of the molecule is Cc1ccc(S(=O)(=O)OC(F)C(F)F)cc1. The fourth-order valence-electron chi connectivity index (χ4n) is 0.924. The van der Waals surface area contributed by atoms with Crippen molar-refractivity contribution in [3.05, 3.63) is 29.8 Å². The first kappa shape index (κ1) is 13.0. The van der Waals surface area contributed by atoms with E-state index >= 15 is 0 Å². The molecular formula is C9H9F3O3S. The van der Waals surface area contributed by atoms with Crippen molar-refractivity contribution >= 4 is 10.1 Å². The molecule has 3 nitrogen and oxygen atoms in total. The predicted octanol–water partition coefficient (Wildman–Crippen LogP) is 2.26. The molecule has 16 heavy (non-hydrogen) atoms. The molecule has 1 aromatic carbocycles. The third-order valence-corrected chi connectivity index (χ3v) is 3.01. The van der Waals surface area contributed by atoms with Crippen LogP contribution in [0, 0.1) is 6.92 Å². The molecule has 0 radical (unpaired) electrons. The molecule has 1 rings (SSSR count). The van der Waals surface area contributed by atoms with E-state index in [4.69, 9.17) is 0 Å². The molecule has 0 saturated heterocycles. The molecule has 0 aliphatic carbocycles. The molecule has 0 aromatic heterocycles. The Kier molecular flexibility index (Phi) is 3.93. The van der Waals surface area contributed by atoms with E-state index < -0.39 is 22.9 Å². The fraction of sp³-hybridized carbons (Fsp3) is 0.333. The summed E-state index contributed by atoms with van der Waals surface area (Å²) >= 11 is 0. The number of rotatable bonds is 4. The molecule has 0 spiro atoms. The van der Waals surface area contributed by atoms with Crippen molar-refractivity contribution in [1.29, 1.82) is 0 Å². The molecule has 0 saturated carbocycles. The van der Waals surface area contributed by atoms with Crippen molar-refractivity contribution in [1.82, 2.24) is 0 Å². The lowest BCUT2D eigenvalue weighted by Crippen LogP contribution is -2.21. The van der Waals surface area contributed by atoms with E-state index in [2.05, 4.69) is 4.18 Å². The van der Waals surface area contributed by atoms with Gasteiger partial charge in [-0.05, 0) is 19.1 Å². The molecule has 0 aliphatic heterocycles. The van der Waals surface area contributed by atoms with E-state index in [1.54, 1.807) is 6.92 Å². The molecular weight excluding hydrogens is 245 g/mol. The van der Waals surface area contributed by atoms with Crippen molar-refractivity contribution in [3.63, 3.8) is 0 Å². The number of hydrogen-bond acceptors (Lipinski definition) is 3. The van der Waals surface area contributed by atoms with E-state index in [-0.39, 0.29) is 4.90 Å². The normalized spacial score (nSPS) is 14.1. The molecule has 0 aliphatic rings. The Labute approximate surface area is 91.0 Å². The maximum Gasteiger partial charge on any atom is 0.299 e. The minimum atomic E-state index is -4.48. The molecule has 0 heterocycles. The molecule has 7 heteroatoms. The van der Waals surface area contributed by atoms with Gasteiger partial charge in [0.25, 0.3) is 22.9 Å². The van der Waals surface area contributed by atoms with Crippen LogP contribution in [0.4, 0.5) is 13.2 Å². The van der Waals surface area contributed by atoms with Crippen LogP contribution in [0.25, 0.3) is 0 Å². The first-order chi connectivity index (χ1) is 7.33. The second-order valence-corrected chi connectivity index (χ2v) is 4.62. The molecule has 1 unspecified atom stereocenters. The second-order valence-electron chi connectivity index (χ2n) is 3.05. The highest BCUT2D eigenvalue weighted by Crippen LogP contribution is 2.18. The Hall–Kier alpha value is -1.08. The van der Waals surface area contributed by atoms with Crippen LogP contribution in [0.3, 0.4) is 0 Å². The van der Waals surface area contributed by atoms with Gasteiger partial charge in [0.15, 0.2) is 0 Å². The maximum absolute atomic E-state index is 12.4. The van der Waals surface area contributed by atoms with Crippen molar-refractivity contribution in [2.75, 3.05) is 0 Å². The summed E-state index contributed by atoms with van der Waals surface area (Å²) in [6.07, 6.45) is -6.65. The number of aryl methyl sites for hydroxylation is 1. The van der Waals surface area contributed by atoms with Crippen molar-refractivity contribution in [2.45, 2.75) is 24.6 Å². The second kappa shape index (κ2) is 4.84. The third-order valence-electron chi connectivity index (χ3n) is 1.73. The number of benzene rings is 1. The molecule has 1 aromatic rings. The van der Waals surface area contributed by atoms with Gasteiger partial charge in [-0.25, -0.2) is 17.4 Å². The van der Waals surface area contributed by atoms with Gasteiger partial charge in [0, 0.05) is 0 Å². The lowest BCUT2D eigenvalue weighted by atomic mass is 10.2. The van der Waals surface area contributed by atoms with Crippen LogP contribution in [-0.4, -0.2) is 21.2 Å².